The first kappa shape index (κ1) is 23.6. The van der Waals surface area contributed by atoms with Gasteiger partial charge in [0.15, 0.2) is 11.0 Å². The minimum atomic E-state index is -2.66. The molecule has 1 aliphatic heterocycles. The molecule has 7 nitrogen and oxygen atoms in total. The maximum absolute atomic E-state index is 14.9. The van der Waals surface area contributed by atoms with Crippen LogP contribution >= 0.6 is 11.8 Å². The second-order valence-electron chi connectivity index (χ2n) is 8.19. The molecule has 3 N–H and O–H groups in total. The monoisotopic (exact) mass is 486 g/mol. The van der Waals surface area contributed by atoms with Crippen LogP contribution in [0.1, 0.15) is 25.8 Å². The van der Waals surface area contributed by atoms with Gasteiger partial charge in [0.05, 0.1) is 22.0 Å². The molecule has 0 saturated heterocycles. The van der Waals surface area contributed by atoms with Gasteiger partial charge in [-0.3, -0.25) is 4.99 Å². The number of aliphatic imine (C=N–C) groups is 1. The van der Waals surface area contributed by atoms with E-state index in [1.807, 2.05) is 0 Å². The number of halogens is 3. The van der Waals surface area contributed by atoms with E-state index < -0.39 is 22.5 Å². The molecular formula is C23H21F3N6OS. The summed E-state index contributed by atoms with van der Waals surface area (Å²) in [4.78, 5) is 17.1. The lowest BCUT2D eigenvalue weighted by atomic mass is 9.83. The molecule has 1 aliphatic rings. The lowest BCUT2D eigenvalue weighted by Gasteiger charge is -2.40. The van der Waals surface area contributed by atoms with E-state index in [9.17, 15) is 13.2 Å². The van der Waals surface area contributed by atoms with E-state index in [1.165, 1.54) is 37.6 Å². The summed E-state index contributed by atoms with van der Waals surface area (Å²) in [5, 5.41) is 3.09. The van der Waals surface area contributed by atoms with Crippen molar-refractivity contribution in [3.8, 4) is 18.1 Å². The molecule has 0 unspecified atom stereocenters. The number of pyridine rings is 1. The highest BCUT2D eigenvalue weighted by atomic mass is 32.2. The summed E-state index contributed by atoms with van der Waals surface area (Å²) < 4.78 is 46.3. The van der Waals surface area contributed by atoms with Gasteiger partial charge in [0.25, 0.3) is 6.43 Å². The van der Waals surface area contributed by atoms with Gasteiger partial charge in [-0.2, -0.15) is 0 Å². The number of amidine groups is 1. The second kappa shape index (κ2) is 9.02. The molecule has 0 saturated carbocycles. The van der Waals surface area contributed by atoms with E-state index >= 15 is 0 Å². The van der Waals surface area contributed by atoms with Gasteiger partial charge in [-0.1, -0.05) is 17.7 Å². The fourth-order valence-corrected chi connectivity index (χ4v) is 5.08. The van der Waals surface area contributed by atoms with Crippen LogP contribution in [0.25, 0.3) is 11.0 Å². The van der Waals surface area contributed by atoms with Crippen molar-refractivity contribution < 1.29 is 17.9 Å². The van der Waals surface area contributed by atoms with Gasteiger partial charge < -0.3 is 15.8 Å². The molecule has 0 radical (unpaired) electrons. The number of alkyl halides is 2. The summed E-state index contributed by atoms with van der Waals surface area (Å²) in [5.74, 6) is 2.63. The maximum atomic E-state index is 14.9. The minimum absolute atomic E-state index is 0.0110. The van der Waals surface area contributed by atoms with E-state index in [-0.39, 0.29) is 23.8 Å². The van der Waals surface area contributed by atoms with Crippen molar-refractivity contribution in [2.24, 2.45) is 10.7 Å². The largest absolute Gasteiger partial charge is 0.479 e. The number of nitrogens with one attached hydrogen (secondary N) is 1. The van der Waals surface area contributed by atoms with Gasteiger partial charge in [-0.05, 0) is 38.5 Å². The van der Waals surface area contributed by atoms with Crippen molar-refractivity contribution in [2.75, 3.05) is 11.9 Å². The summed E-state index contributed by atoms with van der Waals surface area (Å²) in [5.41, 5.74) is 6.17. The van der Waals surface area contributed by atoms with Crippen molar-refractivity contribution in [3.05, 3.63) is 48.2 Å². The Morgan fingerprint density at radius 3 is 2.79 bits per heavy atom. The third-order valence-electron chi connectivity index (χ3n) is 5.43. The third kappa shape index (κ3) is 4.59. The van der Waals surface area contributed by atoms with Gasteiger partial charge in [0.2, 0.25) is 0 Å². The first-order valence-corrected chi connectivity index (χ1v) is 11.0. The summed E-state index contributed by atoms with van der Waals surface area (Å²) in [6.45, 7) is 3.10. The van der Waals surface area contributed by atoms with Crippen molar-refractivity contribution in [2.45, 2.75) is 37.0 Å². The summed E-state index contributed by atoms with van der Waals surface area (Å²) >= 11 is 0.807. The summed E-state index contributed by atoms with van der Waals surface area (Å²) in [6.07, 6.45) is 5.29. The van der Waals surface area contributed by atoms with Gasteiger partial charge in [0, 0.05) is 17.3 Å². The van der Waals surface area contributed by atoms with Gasteiger partial charge >= 0.3 is 0 Å². The van der Waals surface area contributed by atoms with Crippen molar-refractivity contribution in [3.63, 3.8) is 0 Å². The summed E-state index contributed by atoms with van der Waals surface area (Å²) in [6, 6.07) is 5.95. The highest BCUT2D eigenvalue weighted by molar-refractivity contribution is 8.15. The predicted octanol–water partition coefficient (Wildman–Crippen LogP) is 4.61. The average Bonchev–Trinajstić information content (AvgIpc) is 2.78. The first-order valence-electron chi connectivity index (χ1n) is 10.2. The Bertz CT molecular complexity index is 1310. The van der Waals surface area contributed by atoms with E-state index in [1.54, 1.807) is 13.0 Å². The van der Waals surface area contributed by atoms with Gasteiger partial charge in [0.1, 0.15) is 30.0 Å². The normalized spacial score (nSPS) is 22.3. The summed E-state index contributed by atoms with van der Waals surface area (Å²) in [7, 11) is 0. The van der Waals surface area contributed by atoms with Gasteiger partial charge in [-0.15, -0.1) is 6.42 Å². The fraction of sp³-hybridized carbons (Fsp3) is 0.304. The Morgan fingerprint density at radius 2 is 2.06 bits per heavy atom. The highest BCUT2D eigenvalue weighted by Crippen LogP contribution is 2.48. The molecule has 34 heavy (non-hydrogen) atoms. The Labute approximate surface area is 198 Å². The molecule has 3 aromatic rings. The standard InChI is InChI=1S/C23H21F3N6OS/c1-4-7-33-14-9-17-18(28-10-14)19(30-12-29-17)31-13-5-6-16(24)15(8-13)22(2)11-23(3,20(25)26)34-21(27)32-22/h1,5-6,8-10,12,20H,7,11H2,2-3H3,(H2,27,32)(H,29,30,31)/t22-,23+/m0/s1. The topological polar surface area (TPSA) is 98.3 Å². The molecule has 4 rings (SSSR count). The molecule has 0 fully saturated rings. The number of rotatable bonds is 6. The van der Waals surface area contributed by atoms with Crippen LogP contribution in [0.2, 0.25) is 0 Å². The molecule has 2 atom stereocenters. The quantitative estimate of drug-likeness (QED) is 0.491. The Morgan fingerprint density at radius 1 is 1.26 bits per heavy atom. The number of nitrogens with zero attached hydrogens (tertiary/aromatic N) is 4. The molecule has 0 aliphatic carbocycles. The molecule has 3 heterocycles. The van der Waals surface area contributed by atoms with Crippen LogP contribution in [-0.2, 0) is 5.54 Å². The maximum Gasteiger partial charge on any atom is 0.253 e. The van der Waals surface area contributed by atoms with E-state index in [0.29, 0.717) is 28.3 Å². The molecule has 1 aromatic carbocycles. The SMILES string of the molecule is C#CCOc1cnc2c(Nc3ccc(F)c([C@]4(C)C[C@](C)(C(F)F)SC(N)=N4)c3)ncnc2c1. The van der Waals surface area contributed by atoms with Crippen LogP contribution in [0, 0.1) is 18.2 Å². The van der Waals surface area contributed by atoms with Crippen LogP contribution in [-0.4, -0.2) is 37.9 Å². The number of fused-ring (bicyclic) bond motifs is 1. The zero-order valence-corrected chi connectivity index (χ0v) is 19.2. The van der Waals surface area contributed by atoms with Crippen molar-refractivity contribution >= 4 is 39.5 Å². The van der Waals surface area contributed by atoms with Crippen molar-refractivity contribution in [1.82, 2.24) is 15.0 Å². The van der Waals surface area contributed by atoms with Gasteiger partial charge in [-0.25, -0.2) is 28.1 Å². The number of hydrogen-bond donors (Lipinski definition) is 2. The third-order valence-corrected chi connectivity index (χ3v) is 6.52. The number of benzene rings is 1. The molecule has 2 aromatic heterocycles. The van der Waals surface area contributed by atoms with E-state index in [0.717, 1.165) is 11.8 Å². The average molecular weight is 487 g/mol. The van der Waals surface area contributed by atoms with Crippen LogP contribution in [0.15, 0.2) is 41.8 Å². The lowest BCUT2D eigenvalue weighted by molar-refractivity contribution is 0.0893. The second-order valence-corrected chi connectivity index (χ2v) is 9.74. The number of nitrogens with two attached hydrogens (primary N) is 1. The van der Waals surface area contributed by atoms with Crippen LogP contribution < -0.4 is 15.8 Å². The Hall–Kier alpha value is -3.52. The zero-order valence-electron chi connectivity index (χ0n) is 18.3. The Kier molecular flexibility index (Phi) is 6.27. The van der Waals surface area contributed by atoms with E-state index in [2.05, 4.69) is 31.2 Å². The predicted molar refractivity (Wildman–Crippen MR) is 127 cm³/mol. The lowest BCUT2D eigenvalue weighted by Crippen LogP contribution is -2.44. The zero-order chi connectivity index (χ0) is 24.5. The minimum Gasteiger partial charge on any atom is -0.479 e. The Balaban J connectivity index is 1.69. The number of ether oxygens (including phenoxy) is 1. The van der Waals surface area contributed by atoms with Crippen molar-refractivity contribution in [1.29, 1.82) is 0 Å². The van der Waals surface area contributed by atoms with Crippen LogP contribution in [0.3, 0.4) is 0 Å². The number of anilines is 2. The molecular weight excluding hydrogens is 465 g/mol. The smallest absolute Gasteiger partial charge is 0.253 e. The number of thioether (sulfide) groups is 1. The fourth-order valence-electron chi connectivity index (χ4n) is 3.91. The van der Waals surface area contributed by atoms with Crippen LogP contribution in [0.5, 0.6) is 5.75 Å². The molecule has 0 spiro atoms. The molecule has 0 amide bonds. The number of hydrogen-bond acceptors (Lipinski definition) is 8. The van der Waals surface area contributed by atoms with Crippen LogP contribution in [0.4, 0.5) is 24.7 Å². The number of terminal acetylenes is 1. The van der Waals surface area contributed by atoms with E-state index in [4.69, 9.17) is 16.9 Å². The number of aromatic nitrogens is 3. The first-order chi connectivity index (χ1) is 16.1. The molecule has 0 bridgehead atoms. The molecule has 176 valence electrons. The highest BCUT2D eigenvalue weighted by Gasteiger charge is 2.48. The molecule has 11 heteroatoms.